The third kappa shape index (κ3) is 2.33. The van der Waals surface area contributed by atoms with Gasteiger partial charge >= 0.3 is 81.0 Å². The van der Waals surface area contributed by atoms with Gasteiger partial charge in [0.05, 0.1) is 0 Å². The summed E-state index contributed by atoms with van der Waals surface area (Å²) in [7, 11) is 0. The minimum absolute atomic E-state index is 0.245. The summed E-state index contributed by atoms with van der Waals surface area (Å²) in [5, 5.41) is 0.367. The van der Waals surface area contributed by atoms with Crippen LogP contribution in [0.4, 0.5) is 4.39 Å². The molecule has 1 heterocycles. The summed E-state index contributed by atoms with van der Waals surface area (Å²) in [5.74, 6) is -0.245. The van der Waals surface area contributed by atoms with Crippen molar-refractivity contribution >= 4 is 33.7 Å². The molecule has 0 aliphatic rings. The van der Waals surface area contributed by atoms with E-state index in [0.717, 1.165) is 0 Å². The van der Waals surface area contributed by atoms with E-state index >= 15 is 0 Å². The van der Waals surface area contributed by atoms with Gasteiger partial charge < -0.3 is 0 Å². The molecule has 0 unspecified atom stereocenters. The van der Waals surface area contributed by atoms with Crippen molar-refractivity contribution in [3.63, 3.8) is 0 Å². The Morgan fingerprint density at radius 2 is 2.00 bits per heavy atom. The van der Waals surface area contributed by atoms with Crippen LogP contribution in [0, 0.1) is 5.82 Å². The van der Waals surface area contributed by atoms with Crippen molar-refractivity contribution < 1.29 is 4.39 Å². The molecule has 4 heteroatoms. The van der Waals surface area contributed by atoms with Gasteiger partial charge in [-0.2, -0.15) is 0 Å². The monoisotopic (exact) mass is 295 g/mol. The Kier molecular flexibility index (Phi) is 2.99. The van der Waals surface area contributed by atoms with Gasteiger partial charge in [0.2, 0.25) is 0 Å². The molecule has 1 rings (SSSR count). The van der Waals surface area contributed by atoms with Crippen LogP contribution in [0.25, 0.3) is 0 Å². The molecular formula is C8H11ClFNSn. The number of pyridine rings is 1. The van der Waals surface area contributed by atoms with Gasteiger partial charge in [0.15, 0.2) is 0 Å². The first-order valence-corrected chi connectivity index (χ1v) is 14.1. The Morgan fingerprint density at radius 3 is 2.42 bits per heavy atom. The van der Waals surface area contributed by atoms with Crippen LogP contribution in [-0.2, 0) is 0 Å². The zero-order valence-corrected chi connectivity index (χ0v) is 11.0. The Bertz CT molecular complexity index is 296. The van der Waals surface area contributed by atoms with E-state index in [0.29, 0.717) is 8.73 Å². The van der Waals surface area contributed by atoms with Crippen LogP contribution in [0.3, 0.4) is 0 Å². The summed E-state index contributed by atoms with van der Waals surface area (Å²) < 4.78 is 13.9. The van der Waals surface area contributed by atoms with Crippen LogP contribution in [0.5, 0.6) is 0 Å². The number of halogens is 2. The molecule has 0 aliphatic heterocycles. The van der Waals surface area contributed by atoms with E-state index < -0.39 is 18.4 Å². The molecule has 1 nitrogen and oxygen atoms in total. The number of rotatable bonds is 1. The third-order valence-electron chi connectivity index (χ3n) is 1.52. The van der Waals surface area contributed by atoms with Crippen LogP contribution in [0.15, 0.2) is 12.3 Å². The van der Waals surface area contributed by atoms with Crippen molar-refractivity contribution in [3.8, 4) is 0 Å². The van der Waals surface area contributed by atoms with Crippen LogP contribution in [-0.4, -0.2) is 23.4 Å². The molecule has 0 saturated carbocycles. The maximum absolute atomic E-state index is 13.3. The Labute approximate surface area is 80.8 Å². The maximum atomic E-state index is 13.3. The summed E-state index contributed by atoms with van der Waals surface area (Å²) in [6.45, 7) is 0. The molecule has 0 aliphatic carbocycles. The number of nitrogens with zero attached hydrogens (tertiary/aromatic N) is 1. The molecule has 0 aromatic carbocycles. The predicted octanol–water partition coefficient (Wildman–Crippen LogP) is 2.42. The molecule has 0 atom stereocenters. The molecule has 66 valence electrons. The summed E-state index contributed by atoms with van der Waals surface area (Å²) in [5.41, 5.74) is 0. The van der Waals surface area contributed by atoms with E-state index in [2.05, 4.69) is 19.8 Å². The van der Waals surface area contributed by atoms with Gasteiger partial charge in [-0.1, -0.05) is 0 Å². The van der Waals surface area contributed by atoms with Gasteiger partial charge in [0.1, 0.15) is 0 Å². The van der Waals surface area contributed by atoms with Crippen LogP contribution in [0.2, 0.25) is 19.8 Å². The Morgan fingerprint density at radius 1 is 1.42 bits per heavy atom. The molecule has 12 heavy (non-hydrogen) atoms. The molecule has 0 fully saturated rings. The number of hydrogen-bond donors (Lipinski definition) is 0. The topological polar surface area (TPSA) is 12.9 Å². The van der Waals surface area contributed by atoms with Gasteiger partial charge in [-0.05, 0) is 0 Å². The van der Waals surface area contributed by atoms with Gasteiger partial charge in [0, 0.05) is 0 Å². The molecule has 0 saturated heterocycles. The third-order valence-corrected chi connectivity index (χ3v) is 6.83. The van der Waals surface area contributed by atoms with Gasteiger partial charge in [-0.15, -0.1) is 0 Å². The Hall–Kier alpha value is 0.169. The summed E-state index contributed by atoms with van der Waals surface area (Å²) >= 11 is 3.24. The van der Waals surface area contributed by atoms with E-state index in [-0.39, 0.29) is 5.82 Å². The van der Waals surface area contributed by atoms with Crippen molar-refractivity contribution in [3.05, 3.63) is 23.1 Å². The second-order valence-corrected chi connectivity index (χ2v) is 18.4. The van der Waals surface area contributed by atoms with Crippen molar-refractivity contribution in [2.24, 2.45) is 0 Å². The first-order valence-electron chi connectivity index (χ1n) is 3.73. The average molecular weight is 294 g/mol. The molecule has 1 aromatic heterocycles. The van der Waals surface area contributed by atoms with E-state index in [1.807, 2.05) is 0 Å². The molecule has 0 spiro atoms. The normalized spacial score (nSPS) is 11.8. The molecular weight excluding hydrogens is 283 g/mol. The predicted molar refractivity (Wildman–Crippen MR) is 52.2 cm³/mol. The fourth-order valence-corrected chi connectivity index (χ4v) is 4.65. The average Bonchev–Trinajstić information content (AvgIpc) is 1.83. The van der Waals surface area contributed by atoms with E-state index in [4.69, 9.17) is 11.6 Å². The fraction of sp³-hybridized carbons (Fsp3) is 0.375. The summed E-state index contributed by atoms with van der Waals surface area (Å²) in [6, 6.07) is 1.34. The molecule has 0 amide bonds. The fourth-order valence-electron chi connectivity index (χ4n) is 0.966. The first-order chi connectivity index (χ1) is 5.41. The zero-order valence-electron chi connectivity index (χ0n) is 7.36. The second kappa shape index (κ2) is 3.50. The summed E-state index contributed by atoms with van der Waals surface area (Å²) in [4.78, 5) is 10.4. The van der Waals surface area contributed by atoms with E-state index in [1.54, 1.807) is 0 Å². The minimum atomic E-state index is -2.35. The molecule has 0 bridgehead atoms. The summed E-state index contributed by atoms with van der Waals surface area (Å²) in [6.07, 6.45) is 1.52. The molecule has 1 aromatic rings. The second-order valence-electron chi connectivity index (χ2n) is 3.73. The Balaban J connectivity index is 3.19. The van der Waals surface area contributed by atoms with Crippen molar-refractivity contribution in [2.45, 2.75) is 14.8 Å². The van der Waals surface area contributed by atoms with Crippen LogP contribution in [0.1, 0.15) is 0 Å². The molecule has 0 radical (unpaired) electrons. The first kappa shape index (κ1) is 10.3. The van der Waals surface area contributed by atoms with Crippen LogP contribution < -0.4 is 3.71 Å². The SMILES string of the molecule is [CH3][Sn]([CH3])([CH3])[c]1ncc(Cl)cc1F. The van der Waals surface area contributed by atoms with Crippen molar-refractivity contribution in [1.29, 1.82) is 0 Å². The molecule has 0 N–H and O–H groups in total. The number of aromatic nitrogens is 1. The van der Waals surface area contributed by atoms with E-state index in [1.165, 1.54) is 12.3 Å². The van der Waals surface area contributed by atoms with Crippen LogP contribution >= 0.6 is 11.6 Å². The number of hydrogen-bond acceptors (Lipinski definition) is 1. The van der Waals surface area contributed by atoms with Crippen molar-refractivity contribution in [1.82, 2.24) is 4.98 Å². The van der Waals surface area contributed by atoms with E-state index in [9.17, 15) is 4.39 Å². The quantitative estimate of drug-likeness (QED) is 0.725. The standard InChI is InChI=1S/C5H2ClFN.3CH3.Sn/c6-4-1-5(7)3-8-2-4;;;;/h1-2H;3*1H3;. The van der Waals surface area contributed by atoms with Crippen molar-refractivity contribution in [2.75, 3.05) is 0 Å². The van der Waals surface area contributed by atoms with Gasteiger partial charge in [-0.25, -0.2) is 0 Å². The van der Waals surface area contributed by atoms with Gasteiger partial charge in [0.25, 0.3) is 0 Å². The zero-order chi connectivity index (χ0) is 9.35. The van der Waals surface area contributed by atoms with Gasteiger partial charge in [-0.3, -0.25) is 0 Å².